The Hall–Kier alpha value is -0.210. The highest BCUT2D eigenvalue weighted by atomic mass is 127. The molecule has 0 N–H and O–H groups in total. The SMILES string of the molecule is O=C(c1ccc(F)cc1I)N1CCOCC1CBr. The second-order valence-corrected chi connectivity index (χ2v) is 5.82. The lowest BCUT2D eigenvalue weighted by molar-refractivity contribution is 0.00518. The van der Waals surface area contributed by atoms with Crippen molar-refractivity contribution in [3.8, 4) is 0 Å². The molecular weight excluding hydrogens is 416 g/mol. The van der Waals surface area contributed by atoms with Gasteiger partial charge in [0.2, 0.25) is 0 Å². The molecule has 1 atom stereocenters. The molecule has 18 heavy (non-hydrogen) atoms. The maximum absolute atomic E-state index is 13.0. The fourth-order valence-electron chi connectivity index (χ4n) is 1.87. The number of nitrogens with zero attached hydrogens (tertiary/aromatic N) is 1. The molecule has 0 aliphatic carbocycles. The van der Waals surface area contributed by atoms with Gasteiger partial charge in [-0.25, -0.2) is 4.39 Å². The number of benzene rings is 1. The summed E-state index contributed by atoms with van der Waals surface area (Å²) in [6.07, 6.45) is 0. The van der Waals surface area contributed by atoms with Gasteiger partial charge in [0.05, 0.1) is 24.8 Å². The molecule has 2 rings (SSSR count). The molecule has 1 fully saturated rings. The highest BCUT2D eigenvalue weighted by Gasteiger charge is 2.28. The minimum absolute atomic E-state index is 0.0344. The van der Waals surface area contributed by atoms with Crippen LogP contribution in [0.1, 0.15) is 10.4 Å². The summed E-state index contributed by atoms with van der Waals surface area (Å²) >= 11 is 5.37. The number of ether oxygens (including phenoxy) is 1. The third kappa shape index (κ3) is 3.03. The summed E-state index contributed by atoms with van der Waals surface area (Å²) in [5.41, 5.74) is 0.546. The van der Waals surface area contributed by atoms with E-state index in [0.29, 0.717) is 34.2 Å². The van der Waals surface area contributed by atoms with Gasteiger partial charge in [0.25, 0.3) is 5.91 Å². The quantitative estimate of drug-likeness (QED) is 0.536. The molecule has 0 spiro atoms. The minimum Gasteiger partial charge on any atom is -0.377 e. The average molecular weight is 428 g/mol. The molecule has 1 aliphatic heterocycles. The van der Waals surface area contributed by atoms with Crippen molar-refractivity contribution < 1.29 is 13.9 Å². The van der Waals surface area contributed by atoms with E-state index in [1.165, 1.54) is 12.1 Å². The Labute approximate surface area is 127 Å². The molecule has 1 saturated heterocycles. The van der Waals surface area contributed by atoms with Crippen LogP contribution in [0.5, 0.6) is 0 Å². The lowest BCUT2D eigenvalue weighted by Crippen LogP contribution is -2.49. The van der Waals surface area contributed by atoms with Crippen LogP contribution >= 0.6 is 38.5 Å². The topological polar surface area (TPSA) is 29.5 Å². The van der Waals surface area contributed by atoms with Crippen molar-refractivity contribution in [2.24, 2.45) is 0 Å². The second kappa shape index (κ2) is 6.29. The Morgan fingerprint density at radius 2 is 2.39 bits per heavy atom. The van der Waals surface area contributed by atoms with Crippen molar-refractivity contribution in [1.29, 1.82) is 0 Å². The van der Waals surface area contributed by atoms with E-state index in [9.17, 15) is 9.18 Å². The molecule has 0 saturated carbocycles. The molecule has 0 aromatic heterocycles. The standard InChI is InChI=1S/C12H12BrFINO2/c13-6-9-7-18-4-3-16(9)12(17)10-2-1-8(14)5-11(10)15/h1-2,5,9H,3-4,6-7H2. The Balaban J connectivity index is 2.24. The van der Waals surface area contributed by atoms with Crippen LogP contribution in [0.3, 0.4) is 0 Å². The first-order chi connectivity index (χ1) is 8.63. The summed E-state index contributed by atoms with van der Waals surface area (Å²) < 4.78 is 19.0. The van der Waals surface area contributed by atoms with E-state index in [4.69, 9.17) is 4.74 Å². The van der Waals surface area contributed by atoms with E-state index in [-0.39, 0.29) is 17.8 Å². The largest absolute Gasteiger partial charge is 0.377 e. The van der Waals surface area contributed by atoms with Crippen molar-refractivity contribution in [1.82, 2.24) is 4.90 Å². The van der Waals surface area contributed by atoms with Gasteiger partial charge in [-0.05, 0) is 40.8 Å². The average Bonchev–Trinajstić information content (AvgIpc) is 2.38. The third-order valence-corrected chi connectivity index (χ3v) is 4.47. The Bertz CT molecular complexity index is 458. The monoisotopic (exact) mass is 427 g/mol. The number of hydrogen-bond acceptors (Lipinski definition) is 2. The number of morpholine rings is 1. The number of halogens is 3. The maximum Gasteiger partial charge on any atom is 0.255 e. The molecular formula is C12H12BrFINO2. The zero-order valence-electron chi connectivity index (χ0n) is 9.54. The van der Waals surface area contributed by atoms with Crippen LogP contribution in [0.2, 0.25) is 0 Å². The first-order valence-electron chi connectivity index (χ1n) is 5.53. The van der Waals surface area contributed by atoms with Gasteiger partial charge in [0.15, 0.2) is 0 Å². The third-order valence-electron chi connectivity index (χ3n) is 2.83. The van der Waals surface area contributed by atoms with Gasteiger partial charge in [-0.3, -0.25) is 4.79 Å². The van der Waals surface area contributed by atoms with Crippen LogP contribution in [-0.2, 0) is 4.74 Å². The second-order valence-electron chi connectivity index (χ2n) is 4.01. The van der Waals surface area contributed by atoms with Crippen LogP contribution < -0.4 is 0 Å². The molecule has 0 radical (unpaired) electrons. The van der Waals surface area contributed by atoms with Crippen LogP contribution in [-0.4, -0.2) is 41.9 Å². The van der Waals surface area contributed by atoms with Crippen molar-refractivity contribution in [3.05, 3.63) is 33.1 Å². The summed E-state index contributed by atoms with van der Waals surface area (Å²) in [7, 11) is 0. The number of amides is 1. The van der Waals surface area contributed by atoms with Gasteiger partial charge in [-0.1, -0.05) is 15.9 Å². The Morgan fingerprint density at radius 1 is 1.61 bits per heavy atom. The Morgan fingerprint density at radius 3 is 3.06 bits per heavy atom. The molecule has 1 amide bonds. The number of rotatable bonds is 2. The molecule has 1 aromatic carbocycles. The maximum atomic E-state index is 13.0. The summed E-state index contributed by atoms with van der Waals surface area (Å²) in [6, 6.07) is 4.27. The van der Waals surface area contributed by atoms with E-state index in [1.54, 1.807) is 11.0 Å². The lowest BCUT2D eigenvalue weighted by Gasteiger charge is -2.34. The summed E-state index contributed by atoms with van der Waals surface area (Å²) in [5, 5.41) is 0.677. The van der Waals surface area contributed by atoms with E-state index >= 15 is 0 Å². The molecule has 0 bridgehead atoms. The van der Waals surface area contributed by atoms with Gasteiger partial charge in [-0.15, -0.1) is 0 Å². The van der Waals surface area contributed by atoms with Crippen LogP contribution in [0.25, 0.3) is 0 Å². The van der Waals surface area contributed by atoms with Gasteiger partial charge in [0, 0.05) is 15.4 Å². The highest BCUT2D eigenvalue weighted by molar-refractivity contribution is 14.1. The smallest absolute Gasteiger partial charge is 0.255 e. The molecule has 1 heterocycles. The Kier molecular flexibility index (Phi) is 4.97. The van der Waals surface area contributed by atoms with Crippen LogP contribution in [0, 0.1) is 9.39 Å². The van der Waals surface area contributed by atoms with Gasteiger partial charge in [0.1, 0.15) is 5.82 Å². The van der Waals surface area contributed by atoms with E-state index < -0.39 is 0 Å². The molecule has 98 valence electrons. The first kappa shape index (κ1) is 14.2. The number of carbonyl (C=O) groups excluding carboxylic acids is 1. The van der Waals surface area contributed by atoms with E-state index in [2.05, 4.69) is 15.9 Å². The zero-order valence-corrected chi connectivity index (χ0v) is 13.3. The van der Waals surface area contributed by atoms with Crippen molar-refractivity contribution in [3.63, 3.8) is 0 Å². The van der Waals surface area contributed by atoms with Crippen molar-refractivity contribution >= 4 is 44.4 Å². The molecule has 1 aromatic rings. The zero-order chi connectivity index (χ0) is 13.1. The predicted octanol–water partition coefficient (Wildman–Crippen LogP) is 2.67. The first-order valence-corrected chi connectivity index (χ1v) is 7.73. The van der Waals surface area contributed by atoms with Crippen LogP contribution in [0.4, 0.5) is 4.39 Å². The predicted molar refractivity (Wildman–Crippen MR) is 78.6 cm³/mol. The summed E-state index contributed by atoms with van der Waals surface area (Å²) in [5.74, 6) is -0.387. The number of carbonyl (C=O) groups is 1. The molecule has 6 heteroatoms. The minimum atomic E-state index is -0.324. The molecule has 3 nitrogen and oxygen atoms in total. The van der Waals surface area contributed by atoms with Crippen molar-refractivity contribution in [2.75, 3.05) is 25.1 Å². The lowest BCUT2D eigenvalue weighted by atomic mass is 10.1. The van der Waals surface area contributed by atoms with E-state index in [1.807, 2.05) is 22.6 Å². The number of hydrogen-bond donors (Lipinski definition) is 0. The van der Waals surface area contributed by atoms with Gasteiger partial charge in [-0.2, -0.15) is 0 Å². The fraction of sp³-hybridized carbons (Fsp3) is 0.417. The molecule has 1 aliphatic rings. The van der Waals surface area contributed by atoms with Gasteiger partial charge >= 0.3 is 0 Å². The number of alkyl halides is 1. The van der Waals surface area contributed by atoms with Gasteiger partial charge < -0.3 is 9.64 Å². The summed E-state index contributed by atoms with van der Waals surface area (Å²) in [4.78, 5) is 14.2. The molecule has 1 unspecified atom stereocenters. The van der Waals surface area contributed by atoms with E-state index in [0.717, 1.165) is 0 Å². The van der Waals surface area contributed by atoms with Crippen LogP contribution in [0.15, 0.2) is 18.2 Å². The van der Waals surface area contributed by atoms with Crippen molar-refractivity contribution in [2.45, 2.75) is 6.04 Å². The normalized spacial score (nSPS) is 19.9. The fourth-order valence-corrected chi connectivity index (χ4v) is 3.11. The highest BCUT2D eigenvalue weighted by Crippen LogP contribution is 2.19. The summed E-state index contributed by atoms with van der Waals surface area (Å²) in [6.45, 7) is 1.66.